The number of hydrogen-bond acceptors (Lipinski definition) is 4. The first-order chi connectivity index (χ1) is 9.24. The second-order valence-corrected chi connectivity index (χ2v) is 4.60. The number of halogens is 2. The molecule has 3 rings (SSSR count). The number of piperidine rings is 1. The molecule has 1 aliphatic rings. The number of aromatic nitrogens is 2. The van der Waals surface area contributed by atoms with Crippen LogP contribution in [-0.4, -0.2) is 23.2 Å². The maximum Gasteiger partial charge on any atom is 0.230 e. The van der Waals surface area contributed by atoms with Crippen molar-refractivity contribution in [1.29, 1.82) is 0 Å². The van der Waals surface area contributed by atoms with Crippen LogP contribution in [0, 0.1) is 11.6 Å². The molecule has 1 saturated heterocycles. The molecule has 0 saturated carbocycles. The number of benzene rings is 1. The maximum atomic E-state index is 13.6. The van der Waals surface area contributed by atoms with Crippen molar-refractivity contribution in [3.63, 3.8) is 0 Å². The van der Waals surface area contributed by atoms with Gasteiger partial charge in [-0.2, -0.15) is 4.98 Å². The van der Waals surface area contributed by atoms with E-state index >= 15 is 0 Å². The Balaban J connectivity index is 1.87. The molecule has 100 valence electrons. The van der Waals surface area contributed by atoms with Gasteiger partial charge in [-0.05, 0) is 38.1 Å². The van der Waals surface area contributed by atoms with Crippen molar-refractivity contribution in [2.45, 2.75) is 18.8 Å². The smallest absolute Gasteiger partial charge is 0.230 e. The molecule has 0 radical (unpaired) electrons. The standard InChI is InChI=1S/C13H13F2N3O/c14-9-1-2-10(11(15)7-9)12-17-13(19-18-12)8-3-5-16-6-4-8/h1-2,7-8,16H,3-6H2. The van der Waals surface area contributed by atoms with Crippen LogP contribution in [0.5, 0.6) is 0 Å². The summed E-state index contributed by atoms with van der Waals surface area (Å²) in [6.07, 6.45) is 1.85. The van der Waals surface area contributed by atoms with Crippen LogP contribution in [0.3, 0.4) is 0 Å². The average Bonchev–Trinajstić information content (AvgIpc) is 2.89. The summed E-state index contributed by atoms with van der Waals surface area (Å²) in [5, 5.41) is 7.03. The molecule has 19 heavy (non-hydrogen) atoms. The van der Waals surface area contributed by atoms with Gasteiger partial charge in [0.2, 0.25) is 11.7 Å². The molecule has 1 N–H and O–H groups in total. The Bertz CT molecular complexity index is 579. The van der Waals surface area contributed by atoms with Crippen LogP contribution in [0.1, 0.15) is 24.7 Å². The fourth-order valence-electron chi connectivity index (χ4n) is 2.25. The van der Waals surface area contributed by atoms with E-state index in [0.717, 1.165) is 32.0 Å². The molecule has 0 spiro atoms. The fourth-order valence-corrected chi connectivity index (χ4v) is 2.25. The Morgan fingerprint density at radius 1 is 1.21 bits per heavy atom. The van der Waals surface area contributed by atoms with Crippen molar-refractivity contribution in [1.82, 2.24) is 15.5 Å². The van der Waals surface area contributed by atoms with Crippen molar-refractivity contribution in [2.24, 2.45) is 0 Å². The van der Waals surface area contributed by atoms with Crippen LogP contribution in [0.4, 0.5) is 8.78 Å². The van der Waals surface area contributed by atoms with E-state index in [9.17, 15) is 8.78 Å². The molecule has 6 heteroatoms. The van der Waals surface area contributed by atoms with Crippen molar-refractivity contribution in [2.75, 3.05) is 13.1 Å². The zero-order valence-electron chi connectivity index (χ0n) is 10.2. The van der Waals surface area contributed by atoms with Crippen LogP contribution < -0.4 is 5.32 Å². The summed E-state index contributed by atoms with van der Waals surface area (Å²) in [5.74, 6) is -0.391. The summed E-state index contributed by atoms with van der Waals surface area (Å²) in [6, 6.07) is 3.32. The van der Waals surface area contributed by atoms with E-state index < -0.39 is 11.6 Å². The lowest BCUT2D eigenvalue weighted by Crippen LogP contribution is -2.26. The second kappa shape index (κ2) is 5.05. The lowest BCUT2D eigenvalue weighted by atomic mass is 9.98. The molecule has 4 nitrogen and oxygen atoms in total. The summed E-state index contributed by atoms with van der Waals surface area (Å²) < 4.78 is 31.7. The Hall–Kier alpha value is -1.82. The molecule has 0 bridgehead atoms. The molecule has 1 fully saturated rings. The number of hydrogen-bond donors (Lipinski definition) is 1. The van der Waals surface area contributed by atoms with Gasteiger partial charge < -0.3 is 9.84 Å². The van der Waals surface area contributed by atoms with E-state index in [2.05, 4.69) is 15.5 Å². The van der Waals surface area contributed by atoms with E-state index in [1.807, 2.05) is 0 Å². The van der Waals surface area contributed by atoms with Crippen molar-refractivity contribution >= 4 is 0 Å². The van der Waals surface area contributed by atoms with Crippen LogP contribution >= 0.6 is 0 Å². The molecule has 2 heterocycles. The van der Waals surface area contributed by atoms with Crippen LogP contribution in [0.25, 0.3) is 11.4 Å². The first-order valence-corrected chi connectivity index (χ1v) is 6.24. The highest BCUT2D eigenvalue weighted by Gasteiger charge is 2.22. The largest absolute Gasteiger partial charge is 0.339 e. The highest BCUT2D eigenvalue weighted by molar-refractivity contribution is 5.55. The Morgan fingerprint density at radius 2 is 2.00 bits per heavy atom. The average molecular weight is 265 g/mol. The topological polar surface area (TPSA) is 51.0 Å². The molecule has 0 atom stereocenters. The number of rotatable bonds is 2. The minimum Gasteiger partial charge on any atom is -0.339 e. The zero-order chi connectivity index (χ0) is 13.2. The minimum absolute atomic E-state index is 0.158. The lowest BCUT2D eigenvalue weighted by molar-refractivity contribution is 0.320. The highest BCUT2D eigenvalue weighted by Crippen LogP contribution is 2.27. The quantitative estimate of drug-likeness (QED) is 0.906. The minimum atomic E-state index is -0.683. The van der Waals surface area contributed by atoms with Crippen molar-refractivity contribution in [3.05, 3.63) is 35.7 Å². The summed E-state index contributed by atoms with van der Waals surface area (Å²) in [7, 11) is 0. The monoisotopic (exact) mass is 265 g/mol. The summed E-state index contributed by atoms with van der Waals surface area (Å²) in [6.45, 7) is 1.82. The zero-order valence-corrected chi connectivity index (χ0v) is 10.2. The third-order valence-corrected chi connectivity index (χ3v) is 3.30. The first-order valence-electron chi connectivity index (χ1n) is 6.24. The second-order valence-electron chi connectivity index (χ2n) is 4.60. The third kappa shape index (κ3) is 2.49. The summed E-state index contributed by atoms with van der Waals surface area (Å²) in [5.41, 5.74) is 0.158. The van der Waals surface area contributed by atoms with Crippen molar-refractivity contribution in [3.8, 4) is 11.4 Å². The maximum absolute atomic E-state index is 13.6. The predicted molar refractivity (Wildman–Crippen MR) is 64.5 cm³/mol. The molecule has 0 unspecified atom stereocenters. The molecule has 1 aliphatic heterocycles. The molecule has 0 amide bonds. The Morgan fingerprint density at radius 3 is 2.74 bits per heavy atom. The van der Waals surface area contributed by atoms with Gasteiger partial charge in [0, 0.05) is 12.0 Å². The van der Waals surface area contributed by atoms with Gasteiger partial charge in [0.1, 0.15) is 11.6 Å². The fraction of sp³-hybridized carbons (Fsp3) is 0.385. The van der Waals surface area contributed by atoms with Crippen molar-refractivity contribution < 1.29 is 13.3 Å². The Kier molecular flexibility index (Phi) is 3.25. The van der Waals surface area contributed by atoms with Gasteiger partial charge in [-0.15, -0.1) is 0 Å². The van der Waals surface area contributed by atoms with E-state index in [4.69, 9.17) is 4.52 Å². The summed E-state index contributed by atoms with van der Waals surface area (Å²) >= 11 is 0. The lowest BCUT2D eigenvalue weighted by Gasteiger charge is -2.18. The van der Waals surface area contributed by atoms with Gasteiger partial charge in [-0.25, -0.2) is 8.78 Å². The van der Waals surface area contributed by atoms with Crippen LogP contribution in [0.15, 0.2) is 22.7 Å². The van der Waals surface area contributed by atoms with Gasteiger partial charge in [0.25, 0.3) is 0 Å². The normalized spacial score (nSPS) is 16.7. The molecule has 1 aromatic heterocycles. The van der Waals surface area contributed by atoms with Gasteiger partial charge in [-0.3, -0.25) is 0 Å². The van der Waals surface area contributed by atoms with E-state index in [1.54, 1.807) is 0 Å². The molecular formula is C13H13F2N3O. The molecule has 1 aromatic carbocycles. The highest BCUT2D eigenvalue weighted by atomic mass is 19.1. The van der Waals surface area contributed by atoms with Gasteiger partial charge >= 0.3 is 0 Å². The Labute approximate surface area is 108 Å². The molecule has 2 aromatic rings. The number of nitrogens with zero attached hydrogens (tertiary/aromatic N) is 2. The van der Waals surface area contributed by atoms with Gasteiger partial charge in [-0.1, -0.05) is 5.16 Å². The molecule has 0 aliphatic carbocycles. The van der Waals surface area contributed by atoms with E-state index in [1.165, 1.54) is 12.1 Å². The van der Waals surface area contributed by atoms with Crippen LogP contribution in [-0.2, 0) is 0 Å². The SMILES string of the molecule is Fc1ccc(-c2noc(C3CCNCC3)n2)c(F)c1. The van der Waals surface area contributed by atoms with E-state index in [0.29, 0.717) is 5.89 Å². The van der Waals surface area contributed by atoms with E-state index in [-0.39, 0.29) is 17.3 Å². The summed E-state index contributed by atoms with van der Waals surface area (Å²) in [4.78, 5) is 4.23. The predicted octanol–water partition coefficient (Wildman–Crippen LogP) is 2.48. The van der Waals surface area contributed by atoms with Gasteiger partial charge in [0.05, 0.1) is 5.56 Å². The number of nitrogens with one attached hydrogen (secondary N) is 1. The van der Waals surface area contributed by atoms with Crippen LogP contribution in [0.2, 0.25) is 0 Å². The first kappa shape index (κ1) is 12.2. The molecular weight excluding hydrogens is 252 g/mol. The van der Waals surface area contributed by atoms with Gasteiger partial charge in [0.15, 0.2) is 0 Å². The third-order valence-electron chi connectivity index (χ3n) is 3.30.